The second kappa shape index (κ2) is 3.82. The number of hydrogen-bond acceptors (Lipinski definition) is 4. The van der Waals surface area contributed by atoms with Gasteiger partial charge in [-0.05, 0) is 37.1 Å². The van der Waals surface area contributed by atoms with Gasteiger partial charge >= 0.3 is 0 Å². The van der Waals surface area contributed by atoms with E-state index in [1.807, 2.05) is 32.0 Å². The quantitative estimate of drug-likeness (QED) is 0.810. The molecule has 0 aliphatic carbocycles. The smallest absolute Gasteiger partial charge is 0.258 e. The van der Waals surface area contributed by atoms with Gasteiger partial charge in [-0.1, -0.05) is 11.2 Å². The highest BCUT2D eigenvalue weighted by atomic mass is 16.5. The number of aliphatic hydroxyl groups is 1. The lowest BCUT2D eigenvalue weighted by molar-refractivity contribution is 0.264. The highest BCUT2D eigenvalue weighted by Gasteiger charge is 2.08. The minimum atomic E-state index is -0.200. The molecule has 0 fully saturated rings. The molecule has 2 aromatic rings. The maximum absolute atomic E-state index is 8.81. The first-order chi connectivity index (χ1) is 7.20. The fourth-order valence-electron chi connectivity index (χ4n) is 1.31. The van der Waals surface area contributed by atoms with Crippen LogP contribution in [0.4, 0.5) is 0 Å². The molecule has 15 heavy (non-hydrogen) atoms. The Morgan fingerprint density at radius 1 is 1.27 bits per heavy atom. The van der Waals surface area contributed by atoms with Gasteiger partial charge in [0, 0.05) is 5.56 Å². The van der Waals surface area contributed by atoms with Gasteiger partial charge in [-0.15, -0.1) is 0 Å². The molecule has 4 heteroatoms. The number of aliphatic hydroxyl groups excluding tert-OH is 1. The molecule has 78 valence electrons. The van der Waals surface area contributed by atoms with Crippen LogP contribution >= 0.6 is 0 Å². The number of hydrogen-bond donors (Lipinski definition) is 1. The molecule has 0 spiro atoms. The van der Waals surface area contributed by atoms with Crippen LogP contribution in [-0.2, 0) is 6.61 Å². The van der Waals surface area contributed by atoms with Crippen LogP contribution in [0.15, 0.2) is 22.7 Å². The summed E-state index contributed by atoms with van der Waals surface area (Å²) in [5.74, 6) is 0.755. The van der Waals surface area contributed by atoms with Gasteiger partial charge in [-0.2, -0.15) is 4.98 Å². The number of aromatic nitrogens is 2. The summed E-state index contributed by atoms with van der Waals surface area (Å²) in [4.78, 5) is 4.04. The van der Waals surface area contributed by atoms with E-state index in [9.17, 15) is 0 Å². The lowest BCUT2D eigenvalue weighted by Crippen LogP contribution is -1.86. The molecule has 0 unspecified atom stereocenters. The molecule has 0 saturated heterocycles. The van der Waals surface area contributed by atoms with Crippen molar-refractivity contribution in [3.05, 3.63) is 35.2 Å². The minimum absolute atomic E-state index is 0.200. The first-order valence-corrected chi connectivity index (χ1v) is 4.72. The zero-order chi connectivity index (χ0) is 10.8. The fraction of sp³-hybridized carbons (Fsp3) is 0.273. The van der Waals surface area contributed by atoms with Crippen LogP contribution in [0.5, 0.6) is 0 Å². The SMILES string of the molecule is Cc1ccc(-c2nc(CO)no2)cc1C. The lowest BCUT2D eigenvalue weighted by Gasteiger charge is -2.00. The van der Waals surface area contributed by atoms with Gasteiger partial charge in [0.2, 0.25) is 0 Å². The molecule has 1 aromatic carbocycles. The molecular formula is C11H12N2O2. The monoisotopic (exact) mass is 204 g/mol. The first-order valence-electron chi connectivity index (χ1n) is 4.72. The predicted molar refractivity (Wildman–Crippen MR) is 55.1 cm³/mol. The minimum Gasteiger partial charge on any atom is -0.388 e. The summed E-state index contributed by atoms with van der Waals surface area (Å²) in [5.41, 5.74) is 3.28. The molecule has 0 bridgehead atoms. The average molecular weight is 204 g/mol. The molecule has 0 aliphatic rings. The summed E-state index contributed by atoms with van der Waals surface area (Å²) in [6.07, 6.45) is 0. The first kappa shape index (κ1) is 9.86. The Hall–Kier alpha value is -1.68. The molecular weight excluding hydrogens is 192 g/mol. The van der Waals surface area contributed by atoms with E-state index in [-0.39, 0.29) is 6.61 Å². The van der Waals surface area contributed by atoms with Gasteiger partial charge in [-0.3, -0.25) is 0 Å². The number of nitrogens with zero attached hydrogens (tertiary/aromatic N) is 2. The topological polar surface area (TPSA) is 59.2 Å². The number of benzene rings is 1. The number of aryl methyl sites for hydroxylation is 2. The Bertz CT molecular complexity index is 477. The molecule has 2 rings (SSSR count). The van der Waals surface area contributed by atoms with Gasteiger partial charge in [-0.25, -0.2) is 0 Å². The summed E-state index contributed by atoms with van der Waals surface area (Å²) in [6.45, 7) is 3.88. The van der Waals surface area contributed by atoms with Crippen LogP contribution in [0, 0.1) is 13.8 Å². The van der Waals surface area contributed by atoms with E-state index in [0.29, 0.717) is 11.7 Å². The number of rotatable bonds is 2. The summed E-state index contributed by atoms with van der Waals surface area (Å²) in [5, 5.41) is 12.4. The molecule has 0 aliphatic heterocycles. The second-order valence-electron chi connectivity index (χ2n) is 3.47. The third kappa shape index (κ3) is 1.89. The second-order valence-corrected chi connectivity index (χ2v) is 3.47. The Morgan fingerprint density at radius 3 is 2.67 bits per heavy atom. The fourth-order valence-corrected chi connectivity index (χ4v) is 1.31. The molecule has 4 nitrogen and oxygen atoms in total. The van der Waals surface area contributed by atoms with Crippen molar-refractivity contribution in [3.8, 4) is 11.5 Å². The summed E-state index contributed by atoms with van der Waals surface area (Å²) in [6, 6.07) is 5.93. The third-order valence-electron chi connectivity index (χ3n) is 2.36. The summed E-state index contributed by atoms with van der Waals surface area (Å²) < 4.78 is 5.02. The van der Waals surface area contributed by atoms with Gasteiger partial charge in [0.15, 0.2) is 5.82 Å². The molecule has 0 saturated carbocycles. The Morgan fingerprint density at radius 2 is 2.07 bits per heavy atom. The lowest BCUT2D eigenvalue weighted by atomic mass is 10.1. The molecule has 1 N–H and O–H groups in total. The van der Waals surface area contributed by atoms with Crippen molar-refractivity contribution in [2.45, 2.75) is 20.5 Å². The van der Waals surface area contributed by atoms with E-state index in [1.165, 1.54) is 11.1 Å². The van der Waals surface area contributed by atoms with E-state index < -0.39 is 0 Å². The van der Waals surface area contributed by atoms with Crippen LogP contribution in [0.1, 0.15) is 17.0 Å². The molecule has 0 atom stereocenters. The average Bonchev–Trinajstić information content (AvgIpc) is 2.70. The summed E-state index contributed by atoms with van der Waals surface area (Å²) >= 11 is 0. The Balaban J connectivity index is 2.40. The largest absolute Gasteiger partial charge is 0.388 e. The van der Waals surface area contributed by atoms with Crippen molar-refractivity contribution >= 4 is 0 Å². The Kier molecular flexibility index (Phi) is 2.51. The highest BCUT2D eigenvalue weighted by Crippen LogP contribution is 2.20. The van der Waals surface area contributed by atoms with Crippen molar-refractivity contribution in [2.75, 3.05) is 0 Å². The normalized spacial score (nSPS) is 10.6. The van der Waals surface area contributed by atoms with E-state index >= 15 is 0 Å². The molecule has 0 amide bonds. The van der Waals surface area contributed by atoms with Gasteiger partial charge < -0.3 is 9.63 Å². The zero-order valence-electron chi connectivity index (χ0n) is 8.69. The Labute approximate surface area is 87.6 Å². The van der Waals surface area contributed by atoms with Crippen molar-refractivity contribution in [1.29, 1.82) is 0 Å². The van der Waals surface area contributed by atoms with Crippen LogP contribution in [0.2, 0.25) is 0 Å². The van der Waals surface area contributed by atoms with Crippen LogP contribution < -0.4 is 0 Å². The van der Waals surface area contributed by atoms with Gasteiger partial charge in [0.05, 0.1) is 0 Å². The maximum atomic E-state index is 8.81. The van der Waals surface area contributed by atoms with E-state index in [0.717, 1.165) is 5.56 Å². The zero-order valence-corrected chi connectivity index (χ0v) is 8.69. The van der Waals surface area contributed by atoms with Crippen LogP contribution in [0.3, 0.4) is 0 Å². The van der Waals surface area contributed by atoms with E-state index in [1.54, 1.807) is 0 Å². The standard InChI is InChI=1S/C11H12N2O2/c1-7-3-4-9(5-8(7)2)11-12-10(6-14)13-15-11/h3-5,14H,6H2,1-2H3. The summed E-state index contributed by atoms with van der Waals surface area (Å²) in [7, 11) is 0. The van der Waals surface area contributed by atoms with Crippen molar-refractivity contribution in [2.24, 2.45) is 0 Å². The van der Waals surface area contributed by atoms with Crippen molar-refractivity contribution < 1.29 is 9.63 Å². The third-order valence-corrected chi connectivity index (χ3v) is 2.36. The molecule has 1 heterocycles. The van der Waals surface area contributed by atoms with E-state index in [4.69, 9.17) is 9.63 Å². The maximum Gasteiger partial charge on any atom is 0.258 e. The van der Waals surface area contributed by atoms with Crippen molar-refractivity contribution in [3.63, 3.8) is 0 Å². The van der Waals surface area contributed by atoms with Crippen molar-refractivity contribution in [1.82, 2.24) is 10.1 Å². The molecule has 0 radical (unpaired) electrons. The van der Waals surface area contributed by atoms with Crippen LogP contribution in [-0.4, -0.2) is 15.2 Å². The predicted octanol–water partition coefficient (Wildman–Crippen LogP) is 1.85. The highest BCUT2D eigenvalue weighted by molar-refractivity contribution is 5.55. The van der Waals surface area contributed by atoms with Crippen LogP contribution in [0.25, 0.3) is 11.5 Å². The van der Waals surface area contributed by atoms with E-state index in [2.05, 4.69) is 10.1 Å². The molecule has 1 aromatic heterocycles. The van der Waals surface area contributed by atoms with Gasteiger partial charge in [0.1, 0.15) is 6.61 Å². The van der Waals surface area contributed by atoms with Gasteiger partial charge in [0.25, 0.3) is 5.89 Å².